The molecule has 2 aromatic heterocycles. The average molecular weight is 425 g/mol. The van der Waals surface area contributed by atoms with E-state index in [4.69, 9.17) is 0 Å². The molecule has 0 atom stereocenters. The highest BCUT2D eigenvalue weighted by molar-refractivity contribution is 7.99. The van der Waals surface area contributed by atoms with Crippen LogP contribution in [-0.4, -0.2) is 36.2 Å². The van der Waals surface area contributed by atoms with Gasteiger partial charge >= 0.3 is 0 Å². The Morgan fingerprint density at radius 2 is 2.03 bits per heavy atom. The van der Waals surface area contributed by atoms with Crippen LogP contribution in [-0.2, 0) is 11.3 Å². The molecule has 158 valence electrons. The minimum Gasteiger partial charge on any atom is -0.310 e. The van der Waals surface area contributed by atoms with Crippen LogP contribution in [0.25, 0.3) is 11.4 Å². The lowest BCUT2D eigenvalue weighted by molar-refractivity contribution is -0.113. The number of hydrogen-bond acceptors (Lipinski definition) is 5. The number of anilines is 1. The third kappa shape index (κ3) is 4.59. The van der Waals surface area contributed by atoms with Gasteiger partial charge in [0.25, 0.3) is 0 Å². The summed E-state index contributed by atoms with van der Waals surface area (Å²) in [6, 6.07) is 10.5. The number of amides is 1. The Morgan fingerprint density at radius 3 is 2.80 bits per heavy atom. The van der Waals surface area contributed by atoms with Crippen LogP contribution in [0.2, 0.25) is 0 Å². The zero-order valence-corrected chi connectivity index (χ0v) is 18.4. The predicted molar refractivity (Wildman–Crippen MR) is 120 cm³/mol. The van der Waals surface area contributed by atoms with Crippen LogP contribution in [0.5, 0.6) is 0 Å². The topological polar surface area (TPSA) is 77.6 Å². The zero-order chi connectivity index (χ0) is 20.9. The van der Waals surface area contributed by atoms with E-state index >= 15 is 0 Å². The summed E-state index contributed by atoms with van der Waals surface area (Å²) < 4.78 is 4.03. The minimum atomic E-state index is -0.0553. The zero-order valence-electron chi connectivity index (χ0n) is 17.5. The lowest BCUT2D eigenvalue weighted by Crippen LogP contribution is -2.21. The molecule has 3 aromatic rings. The fraction of sp³-hybridized carbons (Fsp3) is 0.455. The van der Waals surface area contributed by atoms with E-state index in [9.17, 15) is 4.79 Å². The Morgan fingerprint density at radius 1 is 1.20 bits per heavy atom. The molecule has 1 N–H and O–H groups in total. The van der Waals surface area contributed by atoms with Crippen molar-refractivity contribution in [3.05, 3.63) is 42.1 Å². The van der Waals surface area contributed by atoms with Crippen molar-refractivity contribution in [1.29, 1.82) is 0 Å². The third-order valence-corrected chi connectivity index (χ3v) is 6.47. The molecule has 1 aromatic carbocycles. The highest BCUT2D eigenvalue weighted by atomic mass is 32.2. The molecule has 1 aliphatic carbocycles. The van der Waals surface area contributed by atoms with Gasteiger partial charge in [-0.05, 0) is 32.8 Å². The molecule has 1 aliphatic rings. The molecule has 0 radical (unpaired) electrons. The number of rotatable bonds is 7. The molecule has 0 saturated heterocycles. The van der Waals surface area contributed by atoms with Crippen molar-refractivity contribution in [2.45, 2.75) is 63.7 Å². The SMILES string of the molecule is CCn1c(SCC(=O)Nc2ccnn2C2CCCCC2)nnc1-c1cccc(C)c1. The van der Waals surface area contributed by atoms with Gasteiger partial charge in [-0.25, -0.2) is 4.68 Å². The molecular formula is C22H28N6OS. The van der Waals surface area contributed by atoms with Crippen LogP contribution >= 0.6 is 11.8 Å². The number of nitrogens with zero attached hydrogens (tertiary/aromatic N) is 5. The van der Waals surface area contributed by atoms with Crippen LogP contribution in [0.15, 0.2) is 41.7 Å². The monoisotopic (exact) mass is 424 g/mol. The maximum atomic E-state index is 12.6. The van der Waals surface area contributed by atoms with Gasteiger partial charge in [0.05, 0.1) is 18.0 Å². The highest BCUT2D eigenvalue weighted by Crippen LogP contribution is 2.30. The smallest absolute Gasteiger partial charge is 0.235 e. The summed E-state index contributed by atoms with van der Waals surface area (Å²) in [5, 5.41) is 16.9. The Hall–Kier alpha value is -2.61. The minimum absolute atomic E-state index is 0.0553. The molecule has 7 nitrogen and oxygen atoms in total. The molecule has 8 heteroatoms. The first-order chi connectivity index (χ1) is 14.7. The van der Waals surface area contributed by atoms with Gasteiger partial charge in [0.15, 0.2) is 11.0 Å². The van der Waals surface area contributed by atoms with Crippen LogP contribution in [0.1, 0.15) is 50.6 Å². The van der Waals surface area contributed by atoms with Gasteiger partial charge in [-0.3, -0.25) is 4.79 Å². The maximum absolute atomic E-state index is 12.6. The Labute approximate surface area is 181 Å². The summed E-state index contributed by atoms with van der Waals surface area (Å²) in [5.74, 6) is 1.84. The van der Waals surface area contributed by atoms with Gasteiger partial charge in [0, 0.05) is 18.2 Å². The van der Waals surface area contributed by atoms with Crippen molar-refractivity contribution < 1.29 is 4.79 Å². The summed E-state index contributed by atoms with van der Waals surface area (Å²) in [4.78, 5) is 12.6. The van der Waals surface area contributed by atoms with Gasteiger partial charge in [-0.2, -0.15) is 5.10 Å². The number of carbonyl (C=O) groups excluding carboxylic acids is 1. The van der Waals surface area contributed by atoms with Gasteiger partial charge < -0.3 is 9.88 Å². The average Bonchev–Trinajstić information content (AvgIpc) is 3.39. The predicted octanol–water partition coefficient (Wildman–Crippen LogP) is 4.71. The van der Waals surface area contributed by atoms with E-state index in [-0.39, 0.29) is 11.7 Å². The van der Waals surface area contributed by atoms with Crippen LogP contribution in [0, 0.1) is 6.92 Å². The van der Waals surface area contributed by atoms with Gasteiger partial charge in [0.1, 0.15) is 5.82 Å². The lowest BCUT2D eigenvalue weighted by atomic mass is 9.96. The molecule has 1 fully saturated rings. The Balaban J connectivity index is 1.41. The van der Waals surface area contributed by atoms with E-state index in [1.54, 1.807) is 6.20 Å². The van der Waals surface area contributed by atoms with Crippen molar-refractivity contribution in [2.75, 3.05) is 11.1 Å². The maximum Gasteiger partial charge on any atom is 0.235 e. The second kappa shape index (κ2) is 9.47. The number of hydrogen-bond donors (Lipinski definition) is 1. The largest absolute Gasteiger partial charge is 0.310 e. The first-order valence-electron chi connectivity index (χ1n) is 10.6. The van der Waals surface area contributed by atoms with Crippen molar-refractivity contribution >= 4 is 23.5 Å². The molecule has 0 unspecified atom stereocenters. The van der Waals surface area contributed by atoms with E-state index < -0.39 is 0 Å². The molecule has 4 rings (SSSR count). The van der Waals surface area contributed by atoms with Crippen LogP contribution in [0.3, 0.4) is 0 Å². The fourth-order valence-corrected chi connectivity index (χ4v) is 4.82. The van der Waals surface area contributed by atoms with Crippen molar-refractivity contribution in [2.24, 2.45) is 0 Å². The molecule has 30 heavy (non-hydrogen) atoms. The van der Waals surface area contributed by atoms with Crippen molar-refractivity contribution in [1.82, 2.24) is 24.5 Å². The van der Waals surface area contributed by atoms with Crippen molar-refractivity contribution in [3.8, 4) is 11.4 Å². The highest BCUT2D eigenvalue weighted by Gasteiger charge is 2.20. The van der Waals surface area contributed by atoms with Gasteiger partial charge in [0.2, 0.25) is 5.91 Å². The fourth-order valence-electron chi connectivity index (χ4n) is 4.02. The van der Waals surface area contributed by atoms with Gasteiger partial charge in [-0.1, -0.05) is 54.8 Å². The Bertz CT molecular complexity index is 1000. The number of aromatic nitrogens is 5. The number of aryl methyl sites for hydroxylation is 1. The number of benzene rings is 1. The third-order valence-electron chi connectivity index (χ3n) is 5.50. The molecule has 1 amide bonds. The number of thioether (sulfide) groups is 1. The quantitative estimate of drug-likeness (QED) is 0.556. The lowest BCUT2D eigenvalue weighted by Gasteiger charge is -2.23. The van der Waals surface area contributed by atoms with E-state index in [0.717, 1.165) is 41.7 Å². The second-order valence-corrected chi connectivity index (χ2v) is 8.65. The summed E-state index contributed by atoms with van der Waals surface area (Å²) in [6.07, 6.45) is 7.76. The van der Waals surface area contributed by atoms with Gasteiger partial charge in [-0.15, -0.1) is 10.2 Å². The van der Waals surface area contributed by atoms with Crippen LogP contribution in [0.4, 0.5) is 5.82 Å². The molecule has 1 saturated carbocycles. The molecular weight excluding hydrogens is 396 g/mol. The first-order valence-corrected chi connectivity index (χ1v) is 11.6. The van der Waals surface area contributed by atoms with E-state index in [1.807, 2.05) is 22.9 Å². The molecule has 2 heterocycles. The molecule has 0 aliphatic heterocycles. The number of carbonyl (C=O) groups is 1. The van der Waals surface area contributed by atoms with E-state index in [0.29, 0.717) is 6.04 Å². The Kier molecular flexibility index (Phi) is 6.52. The number of nitrogens with one attached hydrogen (secondary N) is 1. The van der Waals surface area contributed by atoms with Crippen molar-refractivity contribution in [3.63, 3.8) is 0 Å². The summed E-state index contributed by atoms with van der Waals surface area (Å²) >= 11 is 1.41. The summed E-state index contributed by atoms with van der Waals surface area (Å²) in [5.41, 5.74) is 2.22. The first kappa shape index (κ1) is 20.7. The molecule has 0 bridgehead atoms. The van der Waals surface area contributed by atoms with E-state index in [2.05, 4.69) is 51.2 Å². The standard InChI is InChI=1S/C22H28N6OS/c1-3-27-21(17-9-7-8-16(2)14-17)25-26-22(27)30-15-20(29)24-19-12-13-23-28(19)18-10-5-4-6-11-18/h7-9,12-14,18H,3-6,10-11,15H2,1-2H3,(H,24,29). The summed E-state index contributed by atoms with van der Waals surface area (Å²) in [6.45, 7) is 4.87. The summed E-state index contributed by atoms with van der Waals surface area (Å²) in [7, 11) is 0. The van der Waals surface area contributed by atoms with E-state index in [1.165, 1.54) is 36.6 Å². The normalized spacial score (nSPS) is 14.7. The molecule has 0 spiro atoms. The van der Waals surface area contributed by atoms with Crippen LogP contribution < -0.4 is 5.32 Å². The second-order valence-electron chi connectivity index (χ2n) is 7.71.